The van der Waals surface area contributed by atoms with E-state index in [-0.39, 0.29) is 10.7 Å². The third kappa shape index (κ3) is 1.72. The first kappa shape index (κ1) is 10.8. The Balaban J connectivity index is 2.53. The highest BCUT2D eigenvalue weighted by Crippen LogP contribution is 2.21. The van der Waals surface area contributed by atoms with Gasteiger partial charge in [-0.15, -0.1) is 0 Å². The van der Waals surface area contributed by atoms with E-state index in [0.717, 1.165) is 0 Å². The van der Waals surface area contributed by atoms with Crippen LogP contribution in [0.4, 0.5) is 0 Å². The molecule has 2 atom stereocenters. The van der Waals surface area contributed by atoms with Crippen LogP contribution in [0.15, 0.2) is 18.5 Å². The Hall–Kier alpha value is -1.68. The molecule has 0 saturated carbocycles. The predicted molar refractivity (Wildman–Crippen MR) is 54.6 cm³/mol. The van der Waals surface area contributed by atoms with Crippen molar-refractivity contribution in [3.8, 4) is 6.07 Å². The second kappa shape index (κ2) is 4.06. The predicted octanol–water partition coefficient (Wildman–Crippen LogP) is 0.301. The molecule has 0 aromatic carbocycles. The highest BCUT2D eigenvalue weighted by atomic mass is 35.5. The highest BCUT2D eigenvalue weighted by Gasteiger charge is 2.22. The van der Waals surface area contributed by atoms with Crippen LogP contribution in [0.5, 0.6) is 0 Å². The van der Waals surface area contributed by atoms with Gasteiger partial charge < -0.3 is 10.2 Å². The van der Waals surface area contributed by atoms with Gasteiger partial charge in [-0.05, 0) is 6.07 Å². The molecule has 2 N–H and O–H groups in total. The zero-order chi connectivity index (χ0) is 11.7. The SMILES string of the molecule is N#CC(O)C(O)c1cnn2ccc(Cl)nc12. The van der Waals surface area contributed by atoms with Crippen molar-refractivity contribution < 1.29 is 10.2 Å². The lowest BCUT2D eigenvalue weighted by Gasteiger charge is -2.09. The molecule has 0 radical (unpaired) electrons. The summed E-state index contributed by atoms with van der Waals surface area (Å²) in [5, 5.41) is 31.5. The topological polar surface area (TPSA) is 94.4 Å². The Morgan fingerprint density at radius 2 is 2.25 bits per heavy atom. The Bertz CT molecular complexity index is 562. The third-order valence-corrected chi connectivity index (χ3v) is 2.32. The van der Waals surface area contributed by atoms with Gasteiger partial charge in [-0.25, -0.2) is 9.50 Å². The minimum atomic E-state index is -1.52. The third-order valence-electron chi connectivity index (χ3n) is 2.11. The van der Waals surface area contributed by atoms with Gasteiger partial charge in [0.25, 0.3) is 0 Å². The zero-order valence-electron chi connectivity index (χ0n) is 7.95. The second-order valence-electron chi connectivity index (χ2n) is 3.14. The maximum Gasteiger partial charge on any atom is 0.170 e. The summed E-state index contributed by atoms with van der Waals surface area (Å²) in [5.41, 5.74) is 0.575. The van der Waals surface area contributed by atoms with Crippen LogP contribution in [0.2, 0.25) is 5.15 Å². The van der Waals surface area contributed by atoms with Crippen molar-refractivity contribution in [3.05, 3.63) is 29.2 Å². The summed E-state index contributed by atoms with van der Waals surface area (Å²) in [6, 6.07) is 3.08. The molecule has 0 aliphatic heterocycles. The molecule has 0 fully saturated rings. The maximum absolute atomic E-state index is 9.66. The van der Waals surface area contributed by atoms with Gasteiger partial charge in [0.1, 0.15) is 11.3 Å². The van der Waals surface area contributed by atoms with Crippen molar-refractivity contribution in [2.75, 3.05) is 0 Å². The molecular weight excluding hydrogens is 232 g/mol. The van der Waals surface area contributed by atoms with Crippen molar-refractivity contribution >= 4 is 17.2 Å². The molecule has 82 valence electrons. The van der Waals surface area contributed by atoms with E-state index in [4.69, 9.17) is 16.9 Å². The molecule has 7 heteroatoms. The first-order chi connectivity index (χ1) is 7.63. The second-order valence-corrected chi connectivity index (χ2v) is 3.52. The largest absolute Gasteiger partial charge is 0.384 e. The molecule has 0 amide bonds. The molecule has 0 spiro atoms. The number of hydrogen-bond donors (Lipinski definition) is 2. The fourth-order valence-corrected chi connectivity index (χ4v) is 1.45. The van der Waals surface area contributed by atoms with Crippen molar-refractivity contribution in [2.45, 2.75) is 12.2 Å². The molecule has 0 bridgehead atoms. The van der Waals surface area contributed by atoms with Crippen LogP contribution in [-0.4, -0.2) is 30.9 Å². The van der Waals surface area contributed by atoms with Crippen molar-refractivity contribution in [2.24, 2.45) is 0 Å². The van der Waals surface area contributed by atoms with Crippen molar-refractivity contribution in [3.63, 3.8) is 0 Å². The number of aliphatic hydroxyl groups excluding tert-OH is 2. The van der Waals surface area contributed by atoms with Gasteiger partial charge >= 0.3 is 0 Å². The van der Waals surface area contributed by atoms with Crippen LogP contribution in [0, 0.1) is 11.3 Å². The number of halogens is 1. The standard InChI is InChI=1S/C9H7ClN4O2/c10-7-1-2-14-9(13-7)5(4-12-14)8(16)6(15)3-11/h1-2,4,6,8,15-16H. The van der Waals surface area contributed by atoms with Crippen LogP contribution in [0.1, 0.15) is 11.7 Å². The van der Waals surface area contributed by atoms with E-state index in [9.17, 15) is 10.2 Å². The van der Waals surface area contributed by atoms with Gasteiger partial charge in [0.05, 0.1) is 12.3 Å². The van der Waals surface area contributed by atoms with Crippen LogP contribution in [0.25, 0.3) is 5.65 Å². The monoisotopic (exact) mass is 238 g/mol. The Kier molecular flexibility index (Phi) is 2.75. The van der Waals surface area contributed by atoms with Crippen LogP contribution in [-0.2, 0) is 0 Å². The summed E-state index contributed by atoms with van der Waals surface area (Å²) < 4.78 is 1.40. The van der Waals surface area contributed by atoms with E-state index in [1.807, 2.05) is 0 Å². The van der Waals surface area contributed by atoms with Gasteiger partial charge in [0.2, 0.25) is 0 Å². The summed E-state index contributed by atoms with van der Waals surface area (Å²) in [5.74, 6) is 0. The van der Waals surface area contributed by atoms with Crippen LogP contribution < -0.4 is 0 Å². The molecule has 2 unspecified atom stereocenters. The molecule has 16 heavy (non-hydrogen) atoms. The lowest BCUT2D eigenvalue weighted by Crippen LogP contribution is -2.15. The Morgan fingerprint density at radius 1 is 1.50 bits per heavy atom. The normalized spacial score (nSPS) is 14.6. The van der Waals surface area contributed by atoms with E-state index >= 15 is 0 Å². The van der Waals surface area contributed by atoms with E-state index in [1.165, 1.54) is 10.7 Å². The number of nitriles is 1. The van der Waals surface area contributed by atoms with Crippen LogP contribution >= 0.6 is 11.6 Å². The first-order valence-corrected chi connectivity index (χ1v) is 4.77. The molecule has 2 heterocycles. The first-order valence-electron chi connectivity index (χ1n) is 4.39. The molecular formula is C9H7ClN4O2. The Morgan fingerprint density at radius 3 is 2.94 bits per heavy atom. The molecule has 0 aliphatic rings. The number of rotatable bonds is 2. The summed E-state index contributed by atoms with van der Waals surface area (Å²) in [4.78, 5) is 3.96. The van der Waals surface area contributed by atoms with E-state index in [1.54, 1.807) is 18.3 Å². The van der Waals surface area contributed by atoms with Gasteiger partial charge in [-0.3, -0.25) is 0 Å². The summed E-state index contributed by atoms with van der Waals surface area (Å²) in [7, 11) is 0. The molecule has 2 aromatic rings. The van der Waals surface area contributed by atoms with E-state index in [2.05, 4.69) is 10.1 Å². The maximum atomic E-state index is 9.66. The summed E-state index contributed by atoms with van der Waals surface area (Å²) in [6.45, 7) is 0. The average molecular weight is 239 g/mol. The Labute approximate surface area is 95.3 Å². The molecule has 2 rings (SSSR count). The van der Waals surface area contributed by atoms with Crippen LogP contribution in [0.3, 0.4) is 0 Å². The summed E-state index contributed by atoms with van der Waals surface area (Å²) >= 11 is 5.70. The van der Waals surface area contributed by atoms with Gasteiger partial charge in [-0.2, -0.15) is 10.4 Å². The zero-order valence-corrected chi connectivity index (χ0v) is 8.70. The number of nitrogens with zero attached hydrogens (tertiary/aromatic N) is 4. The number of hydrogen-bond acceptors (Lipinski definition) is 5. The lowest BCUT2D eigenvalue weighted by molar-refractivity contribution is 0.0536. The minimum Gasteiger partial charge on any atom is -0.384 e. The van der Waals surface area contributed by atoms with Gasteiger partial charge in [0, 0.05) is 11.8 Å². The molecule has 0 saturated heterocycles. The van der Waals surface area contributed by atoms with Gasteiger partial charge in [-0.1, -0.05) is 11.6 Å². The fraction of sp³-hybridized carbons (Fsp3) is 0.222. The molecule has 0 aliphatic carbocycles. The lowest BCUT2D eigenvalue weighted by atomic mass is 10.1. The quantitative estimate of drug-likeness (QED) is 0.580. The highest BCUT2D eigenvalue weighted by molar-refractivity contribution is 6.29. The van der Waals surface area contributed by atoms with Crippen molar-refractivity contribution in [1.82, 2.24) is 14.6 Å². The molecule has 6 nitrogen and oxygen atoms in total. The number of aliphatic hydroxyl groups is 2. The van der Waals surface area contributed by atoms with Gasteiger partial charge in [0.15, 0.2) is 11.8 Å². The fourth-order valence-electron chi connectivity index (χ4n) is 1.31. The minimum absolute atomic E-state index is 0.243. The number of aromatic nitrogens is 3. The smallest absolute Gasteiger partial charge is 0.170 e. The number of fused-ring (bicyclic) bond motifs is 1. The summed E-state index contributed by atoms with van der Waals surface area (Å²) in [6.07, 6.45) is 0.0334. The van der Waals surface area contributed by atoms with E-state index < -0.39 is 12.2 Å². The molecule has 2 aromatic heterocycles. The van der Waals surface area contributed by atoms with Crippen molar-refractivity contribution in [1.29, 1.82) is 5.26 Å². The average Bonchev–Trinajstić information content (AvgIpc) is 2.69. The van der Waals surface area contributed by atoms with E-state index in [0.29, 0.717) is 5.65 Å².